The number of fused-ring (bicyclic) bond motifs is 2. The fourth-order valence-corrected chi connectivity index (χ4v) is 43.4. The third kappa shape index (κ3) is 7.55. The van der Waals surface area contributed by atoms with Crippen LogP contribution >= 0.6 is 17.0 Å². The molecule has 0 nitrogen and oxygen atoms in total. The van der Waals surface area contributed by atoms with E-state index >= 15 is 0 Å². The minimum absolute atomic E-state index is 0.129. The fraction of sp³-hybridized carbons (Fsp3) is 0.462. The van der Waals surface area contributed by atoms with E-state index in [1.54, 1.807) is 11.1 Å². The van der Waals surface area contributed by atoms with Gasteiger partial charge >= 0.3 is 351 Å². The molecule has 2 fully saturated rings. The van der Waals surface area contributed by atoms with Gasteiger partial charge in [-0.25, -0.2) is 0 Å². The zero-order valence-electron chi connectivity index (χ0n) is 35.6. The molecule has 295 valence electrons. The molecule has 4 aromatic carbocycles. The molecule has 0 aromatic heterocycles. The van der Waals surface area contributed by atoms with Crippen molar-refractivity contribution >= 4 is 35.1 Å². The summed E-state index contributed by atoms with van der Waals surface area (Å²) in [7, 11) is 18.4. The Kier molecular flexibility index (Phi) is 11.6. The number of halogens is 2. The minimum atomic E-state index is -5.04. The van der Waals surface area contributed by atoms with Gasteiger partial charge in [-0.05, 0) is 0 Å². The molecule has 4 aromatic rings. The predicted molar refractivity (Wildman–Crippen MR) is 247 cm³/mol. The van der Waals surface area contributed by atoms with E-state index in [1.165, 1.54) is 142 Å². The normalized spacial score (nSPS) is 21.1. The molecule has 0 saturated heterocycles. The van der Waals surface area contributed by atoms with Gasteiger partial charge in [0.2, 0.25) is 0 Å². The predicted octanol–water partition coefficient (Wildman–Crippen LogP) is 16.4. The van der Waals surface area contributed by atoms with Crippen LogP contribution in [0.15, 0.2) is 71.8 Å². The van der Waals surface area contributed by atoms with Gasteiger partial charge in [0.15, 0.2) is 0 Å². The topological polar surface area (TPSA) is 0 Å². The fourth-order valence-electron chi connectivity index (χ4n) is 12.1. The van der Waals surface area contributed by atoms with Gasteiger partial charge in [-0.2, -0.15) is 0 Å². The maximum atomic E-state index is 9.18. The summed E-state index contributed by atoms with van der Waals surface area (Å²) < 4.78 is 0.257. The standard InChI is InChI=1S/2C25H29.C2H7Si.2ClH.Zr/c2*1-17-9-18(2)11-22(10-17)24-13-19(3)12-23-15-21(16-25(23)24)14-20-7-5-4-6-8-20;1-3-2;;;/h2*9-13,15-16,20H,4-8,14H2,1-3H3;3H,1-2H3;2*1H;/q;;;;;+2/p-2. The van der Waals surface area contributed by atoms with Crippen molar-refractivity contribution in [3.05, 3.63) is 127 Å². The molecular formula is C52H65Cl2SiZr. The van der Waals surface area contributed by atoms with Gasteiger partial charge in [0, 0.05) is 0 Å². The summed E-state index contributed by atoms with van der Waals surface area (Å²) in [4.78, 5) is 0. The van der Waals surface area contributed by atoms with Crippen molar-refractivity contribution in [1.82, 2.24) is 0 Å². The van der Waals surface area contributed by atoms with Gasteiger partial charge in [0.1, 0.15) is 0 Å². The molecule has 0 spiro atoms. The SMILES string of the molecule is Cc1cc(C)cc(-c2cc(C)cc3c2C=C(CC2CCCCC2)[CH]3[Zr]([Cl])([Cl])([CH]2C(CC3CCCCC3)=Cc3c(-c4cc(C)cc(C)c4)cc(C)cc32)[SiH](C)C)c1. The molecule has 56 heavy (non-hydrogen) atoms. The van der Waals surface area contributed by atoms with E-state index in [2.05, 4.69) is 127 Å². The first-order chi connectivity index (χ1) is 26.7. The zero-order chi connectivity index (χ0) is 39.5. The summed E-state index contributed by atoms with van der Waals surface area (Å²) in [6.45, 7) is 18.7. The number of allylic oxidation sites excluding steroid dienone is 2. The van der Waals surface area contributed by atoms with E-state index in [4.69, 9.17) is 0 Å². The van der Waals surface area contributed by atoms with Gasteiger partial charge in [0.05, 0.1) is 0 Å². The van der Waals surface area contributed by atoms with Crippen LogP contribution < -0.4 is 0 Å². The van der Waals surface area contributed by atoms with Crippen LogP contribution in [-0.4, -0.2) is 5.92 Å². The monoisotopic (exact) mass is 877 g/mol. The molecule has 4 aliphatic rings. The van der Waals surface area contributed by atoms with Crippen LogP contribution in [-0.2, 0) is 15.6 Å². The number of hydrogen-bond donors (Lipinski definition) is 0. The molecule has 0 N–H and O–H groups in total. The quantitative estimate of drug-likeness (QED) is 0.147. The first-order valence-corrected chi connectivity index (χ1v) is 38.5. The van der Waals surface area contributed by atoms with Crippen molar-refractivity contribution in [2.75, 3.05) is 0 Å². The second-order valence-corrected chi connectivity index (χ2v) is 62.0. The van der Waals surface area contributed by atoms with E-state index in [1.807, 2.05) is 0 Å². The zero-order valence-corrected chi connectivity index (χ0v) is 40.7. The van der Waals surface area contributed by atoms with Crippen LogP contribution in [0.1, 0.15) is 140 Å². The van der Waals surface area contributed by atoms with Crippen LogP contribution in [0.25, 0.3) is 34.4 Å². The Morgan fingerprint density at radius 1 is 0.482 bits per heavy atom. The van der Waals surface area contributed by atoms with Crippen LogP contribution in [0.3, 0.4) is 0 Å². The second kappa shape index (κ2) is 15.9. The summed E-state index contributed by atoms with van der Waals surface area (Å²) >= 11 is -5.04. The molecule has 2 saturated carbocycles. The Morgan fingerprint density at radius 3 is 1.16 bits per heavy atom. The van der Waals surface area contributed by atoms with Crippen LogP contribution in [0.5, 0.6) is 0 Å². The maximum absolute atomic E-state index is 9.18. The van der Waals surface area contributed by atoms with E-state index < -0.39 is 21.5 Å². The molecule has 2 atom stereocenters. The van der Waals surface area contributed by atoms with E-state index in [9.17, 15) is 17.0 Å². The third-order valence-corrected chi connectivity index (χ3v) is 66.4. The van der Waals surface area contributed by atoms with Gasteiger partial charge in [-0.15, -0.1) is 0 Å². The number of aryl methyl sites for hydroxylation is 6. The van der Waals surface area contributed by atoms with Crippen molar-refractivity contribution in [2.24, 2.45) is 11.8 Å². The second-order valence-electron chi connectivity index (χ2n) is 19.5. The Balaban J connectivity index is 1.38. The van der Waals surface area contributed by atoms with Crippen molar-refractivity contribution in [3.63, 3.8) is 0 Å². The Hall–Kier alpha value is -1.96. The molecule has 0 bridgehead atoms. The molecule has 0 amide bonds. The number of hydrogen-bond acceptors (Lipinski definition) is 0. The summed E-state index contributed by atoms with van der Waals surface area (Å²) in [6.07, 6.45) is 21.0. The van der Waals surface area contributed by atoms with Crippen LogP contribution in [0, 0.1) is 53.4 Å². The molecule has 0 radical (unpaired) electrons. The van der Waals surface area contributed by atoms with Crippen molar-refractivity contribution in [2.45, 2.75) is 139 Å². The Morgan fingerprint density at radius 2 is 0.821 bits per heavy atom. The molecule has 4 heteroatoms. The van der Waals surface area contributed by atoms with Gasteiger partial charge in [-0.3, -0.25) is 0 Å². The molecule has 0 heterocycles. The van der Waals surface area contributed by atoms with Crippen molar-refractivity contribution in [1.29, 1.82) is 0 Å². The van der Waals surface area contributed by atoms with Crippen molar-refractivity contribution in [3.8, 4) is 22.3 Å². The van der Waals surface area contributed by atoms with E-state index in [0.717, 1.165) is 12.8 Å². The van der Waals surface area contributed by atoms with Gasteiger partial charge < -0.3 is 0 Å². The summed E-state index contributed by atoms with van der Waals surface area (Å²) in [5.41, 5.74) is 22.2. The number of benzene rings is 4. The molecule has 0 aliphatic heterocycles. The third-order valence-electron chi connectivity index (χ3n) is 14.5. The number of rotatable bonds is 9. The average Bonchev–Trinajstić information content (AvgIpc) is 3.69. The molecule has 2 unspecified atom stereocenters. The average molecular weight is 880 g/mol. The molecule has 8 rings (SSSR count). The Labute approximate surface area is 348 Å². The van der Waals surface area contributed by atoms with E-state index in [-0.39, 0.29) is 7.25 Å². The van der Waals surface area contributed by atoms with Crippen molar-refractivity contribution < 1.29 is 15.6 Å². The summed E-state index contributed by atoms with van der Waals surface area (Å²) in [5, 5.41) is 0. The summed E-state index contributed by atoms with van der Waals surface area (Å²) in [5.74, 6) is -0.286. The van der Waals surface area contributed by atoms with Gasteiger partial charge in [0.25, 0.3) is 0 Å². The first kappa shape index (κ1) is 40.8. The van der Waals surface area contributed by atoms with Crippen LogP contribution in [0.2, 0.25) is 13.1 Å². The summed E-state index contributed by atoms with van der Waals surface area (Å²) in [6, 6.07) is 24.1. The molecular weight excluding hydrogens is 815 g/mol. The first-order valence-electron chi connectivity index (χ1n) is 22.1. The van der Waals surface area contributed by atoms with E-state index in [0.29, 0.717) is 11.8 Å². The molecule has 4 aliphatic carbocycles. The Bertz CT molecular complexity index is 2040. The van der Waals surface area contributed by atoms with Crippen LogP contribution in [0.4, 0.5) is 0 Å². The van der Waals surface area contributed by atoms with Gasteiger partial charge in [-0.1, -0.05) is 0 Å².